The van der Waals surface area contributed by atoms with Crippen molar-refractivity contribution >= 4 is 39.8 Å². The first-order chi connectivity index (χ1) is 8.66. The molecule has 1 aromatic heterocycles. The predicted molar refractivity (Wildman–Crippen MR) is 71.2 cm³/mol. The van der Waals surface area contributed by atoms with Crippen molar-refractivity contribution in [3.05, 3.63) is 57.1 Å². The first kappa shape index (κ1) is 10.9. The van der Waals surface area contributed by atoms with Gasteiger partial charge in [0.25, 0.3) is 5.69 Å². The van der Waals surface area contributed by atoms with E-state index in [0.717, 1.165) is 5.39 Å². The van der Waals surface area contributed by atoms with Crippen molar-refractivity contribution in [2.24, 2.45) is 0 Å². The number of hydrogen-bond acceptors (Lipinski definition) is 4. The van der Waals surface area contributed by atoms with Gasteiger partial charge < -0.3 is 4.42 Å². The van der Waals surface area contributed by atoms with Crippen molar-refractivity contribution in [3.63, 3.8) is 0 Å². The number of nitro groups is 1. The Kier molecular flexibility index (Phi) is 2.34. The summed E-state index contributed by atoms with van der Waals surface area (Å²) in [6, 6.07) is 11.8. The van der Waals surface area contributed by atoms with Gasteiger partial charge in [-0.3, -0.25) is 10.1 Å². The highest BCUT2D eigenvalue weighted by molar-refractivity contribution is 7.72. The zero-order valence-corrected chi connectivity index (χ0v) is 9.94. The van der Waals surface area contributed by atoms with E-state index in [0.29, 0.717) is 21.1 Å². The van der Waals surface area contributed by atoms with Crippen LogP contribution in [-0.4, -0.2) is 4.92 Å². The van der Waals surface area contributed by atoms with Gasteiger partial charge in [-0.15, -0.1) is 0 Å². The largest absolute Gasteiger partial charge is 0.456 e. The minimum atomic E-state index is -0.441. The van der Waals surface area contributed by atoms with Crippen LogP contribution in [-0.2, 0) is 0 Å². The maximum atomic E-state index is 10.8. The molecule has 2 aromatic carbocycles. The molecule has 18 heavy (non-hydrogen) atoms. The Bertz CT molecular complexity index is 838. The number of nitro benzene ring substituents is 1. The lowest BCUT2D eigenvalue weighted by Gasteiger charge is -2.02. The molecule has 3 rings (SSSR count). The number of hydrogen-bond donors (Lipinski definition) is 0. The Balaban J connectivity index is 2.49. The fourth-order valence-corrected chi connectivity index (χ4v) is 2.23. The van der Waals surface area contributed by atoms with Gasteiger partial charge in [0.05, 0.1) is 9.43 Å². The van der Waals surface area contributed by atoms with E-state index < -0.39 is 4.92 Å². The van der Waals surface area contributed by atoms with E-state index in [4.69, 9.17) is 16.6 Å². The first-order valence-electron chi connectivity index (χ1n) is 5.27. The molecule has 0 saturated carbocycles. The number of fused-ring (bicyclic) bond motifs is 2. The van der Waals surface area contributed by atoms with Gasteiger partial charge in [-0.2, -0.15) is 0 Å². The number of benzene rings is 2. The molecular formula is C13H7NO3S. The molecule has 0 atom stereocenters. The highest BCUT2D eigenvalue weighted by atomic mass is 32.1. The maximum absolute atomic E-state index is 10.8. The summed E-state index contributed by atoms with van der Waals surface area (Å²) in [4.78, 5) is 10.3. The molecule has 0 spiro atoms. The van der Waals surface area contributed by atoms with Crippen LogP contribution in [0.15, 0.2) is 46.9 Å². The van der Waals surface area contributed by atoms with Crippen LogP contribution in [0.1, 0.15) is 0 Å². The number of non-ortho nitro benzene ring substituents is 1. The van der Waals surface area contributed by atoms with Crippen LogP contribution < -0.4 is 0 Å². The molecule has 4 nitrogen and oxygen atoms in total. The van der Waals surface area contributed by atoms with Crippen molar-refractivity contribution in [2.45, 2.75) is 0 Å². The lowest BCUT2D eigenvalue weighted by molar-refractivity contribution is -0.384. The highest BCUT2D eigenvalue weighted by Gasteiger charge is 2.10. The second kappa shape index (κ2) is 3.89. The van der Waals surface area contributed by atoms with Crippen molar-refractivity contribution in [3.8, 4) is 0 Å². The van der Waals surface area contributed by atoms with E-state index in [2.05, 4.69) is 0 Å². The fourth-order valence-electron chi connectivity index (χ4n) is 1.90. The maximum Gasteiger partial charge on any atom is 0.270 e. The Morgan fingerprint density at radius 3 is 2.56 bits per heavy atom. The molecule has 0 aliphatic heterocycles. The van der Waals surface area contributed by atoms with Gasteiger partial charge in [-0.05, 0) is 18.2 Å². The summed E-state index contributed by atoms with van der Waals surface area (Å²) in [6.07, 6.45) is 0. The highest BCUT2D eigenvalue weighted by Crippen LogP contribution is 2.27. The van der Waals surface area contributed by atoms with E-state index in [1.54, 1.807) is 6.07 Å². The van der Waals surface area contributed by atoms with Gasteiger partial charge >= 0.3 is 0 Å². The molecule has 88 valence electrons. The van der Waals surface area contributed by atoms with E-state index in [1.807, 2.05) is 24.3 Å². The first-order valence-corrected chi connectivity index (χ1v) is 5.67. The fraction of sp³-hybridized carbons (Fsp3) is 0. The smallest absolute Gasteiger partial charge is 0.270 e. The standard InChI is InChI=1S/C13H7NO3S/c15-14(16)8-5-6-12-10(7-8)13(18)9-3-1-2-4-11(9)17-12/h1-7H. The molecule has 0 fully saturated rings. The summed E-state index contributed by atoms with van der Waals surface area (Å²) in [5.74, 6) is 0. The van der Waals surface area contributed by atoms with Crippen LogP contribution >= 0.6 is 12.2 Å². The lowest BCUT2D eigenvalue weighted by Crippen LogP contribution is -1.88. The summed E-state index contributed by atoms with van der Waals surface area (Å²) in [5.41, 5.74) is 1.26. The van der Waals surface area contributed by atoms with Gasteiger partial charge in [0.2, 0.25) is 0 Å². The summed E-state index contributed by atoms with van der Waals surface area (Å²) in [5, 5.41) is 12.1. The zero-order valence-electron chi connectivity index (χ0n) is 9.12. The minimum absolute atomic E-state index is 0.0130. The van der Waals surface area contributed by atoms with E-state index in [9.17, 15) is 10.1 Å². The molecule has 1 heterocycles. The van der Waals surface area contributed by atoms with Crippen molar-refractivity contribution in [1.29, 1.82) is 0 Å². The molecule has 0 N–H and O–H groups in total. The topological polar surface area (TPSA) is 56.3 Å². The summed E-state index contributed by atoms with van der Waals surface area (Å²) in [7, 11) is 0. The monoisotopic (exact) mass is 257 g/mol. The average molecular weight is 257 g/mol. The molecule has 0 unspecified atom stereocenters. The predicted octanol–water partition coefficient (Wildman–Crippen LogP) is 4.22. The molecule has 0 amide bonds. The summed E-state index contributed by atoms with van der Waals surface area (Å²) < 4.78 is 6.25. The zero-order chi connectivity index (χ0) is 12.7. The van der Waals surface area contributed by atoms with Crippen LogP contribution in [0.5, 0.6) is 0 Å². The number of para-hydroxylation sites is 1. The van der Waals surface area contributed by atoms with Gasteiger partial charge in [0.1, 0.15) is 11.2 Å². The lowest BCUT2D eigenvalue weighted by atomic mass is 10.1. The Morgan fingerprint density at radius 1 is 1.06 bits per heavy atom. The van der Waals surface area contributed by atoms with Gasteiger partial charge in [0, 0.05) is 22.9 Å². The molecule has 0 bridgehead atoms. The third-order valence-corrected chi connectivity index (χ3v) is 3.21. The normalized spacial score (nSPS) is 10.9. The van der Waals surface area contributed by atoms with Crippen molar-refractivity contribution in [2.75, 3.05) is 0 Å². The van der Waals surface area contributed by atoms with Crippen LogP contribution in [0.2, 0.25) is 0 Å². The molecular weight excluding hydrogens is 250 g/mol. The Hall–Kier alpha value is -2.27. The third kappa shape index (κ3) is 1.56. The minimum Gasteiger partial charge on any atom is -0.456 e. The molecule has 3 aromatic rings. The van der Waals surface area contributed by atoms with Crippen molar-refractivity contribution in [1.82, 2.24) is 0 Å². The van der Waals surface area contributed by atoms with Gasteiger partial charge in [-0.25, -0.2) is 0 Å². The summed E-state index contributed by atoms with van der Waals surface area (Å²) >= 11 is 5.36. The van der Waals surface area contributed by atoms with Crippen LogP contribution in [0, 0.1) is 14.6 Å². The Morgan fingerprint density at radius 2 is 1.78 bits per heavy atom. The second-order valence-corrected chi connectivity index (χ2v) is 4.27. The van der Waals surface area contributed by atoms with Crippen LogP contribution in [0.3, 0.4) is 0 Å². The summed E-state index contributed by atoms with van der Waals surface area (Å²) in [6.45, 7) is 0. The van der Waals surface area contributed by atoms with E-state index in [-0.39, 0.29) is 5.69 Å². The van der Waals surface area contributed by atoms with Crippen LogP contribution in [0.25, 0.3) is 21.9 Å². The van der Waals surface area contributed by atoms with Crippen LogP contribution in [0.4, 0.5) is 5.69 Å². The van der Waals surface area contributed by atoms with Gasteiger partial charge in [-0.1, -0.05) is 24.4 Å². The number of nitrogens with zero attached hydrogens (tertiary/aromatic N) is 1. The Labute approximate surface area is 107 Å². The second-order valence-electron chi connectivity index (χ2n) is 3.86. The van der Waals surface area contributed by atoms with Gasteiger partial charge in [0.15, 0.2) is 0 Å². The van der Waals surface area contributed by atoms with Crippen molar-refractivity contribution < 1.29 is 9.34 Å². The average Bonchev–Trinajstić information content (AvgIpc) is 2.38. The molecule has 0 aliphatic carbocycles. The number of rotatable bonds is 1. The molecule has 0 aliphatic rings. The van der Waals surface area contributed by atoms with E-state index >= 15 is 0 Å². The molecule has 0 radical (unpaired) electrons. The molecule has 0 saturated heterocycles. The third-order valence-electron chi connectivity index (χ3n) is 2.77. The molecule has 5 heteroatoms. The quantitative estimate of drug-likeness (QED) is 0.283. The SMILES string of the molecule is O=[N+]([O-])c1ccc2oc3ccccc3c(=S)c2c1. The van der Waals surface area contributed by atoms with E-state index in [1.165, 1.54) is 12.1 Å².